The lowest BCUT2D eigenvalue weighted by molar-refractivity contribution is 1.17. The second-order valence-electron chi connectivity index (χ2n) is 13.4. The molecule has 50 heavy (non-hydrogen) atoms. The number of benzene rings is 7. The molecule has 2 nitrogen and oxygen atoms in total. The highest BCUT2D eigenvalue weighted by Gasteiger charge is 2.35. The smallest absolute Gasteiger partial charge is 0.0541 e. The number of nitrogens with zero attached hydrogens (tertiary/aromatic N) is 2. The van der Waals surface area contributed by atoms with Gasteiger partial charge in [0.1, 0.15) is 0 Å². The van der Waals surface area contributed by atoms with Crippen LogP contribution in [0.3, 0.4) is 0 Å². The average Bonchev–Trinajstić information content (AvgIpc) is 3.74. The molecule has 0 bridgehead atoms. The van der Waals surface area contributed by atoms with Crippen molar-refractivity contribution in [2.24, 2.45) is 5.92 Å². The number of rotatable bonds is 7. The minimum absolute atomic E-state index is 0.665. The van der Waals surface area contributed by atoms with E-state index < -0.39 is 0 Å². The van der Waals surface area contributed by atoms with Crippen LogP contribution in [0, 0.1) is 5.92 Å². The number of hydrogen-bond acceptors (Lipinski definition) is 1. The van der Waals surface area contributed by atoms with Gasteiger partial charge < -0.3 is 9.47 Å². The molecule has 0 spiro atoms. The van der Waals surface area contributed by atoms with E-state index in [1.165, 1.54) is 67.3 Å². The van der Waals surface area contributed by atoms with Gasteiger partial charge >= 0.3 is 0 Å². The maximum absolute atomic E-state index is 2.47. The van der Waals surface area contributed by atoms with Gasteiger partial charge in [0.15, 0.2) is 0 Å². The molecule has 1 saturated carbocycles. The number of aromatic nitrogens is 1. The second kappa shape index (κ2) is 11.6. The Balaban J connectivity index is 0.909. The minimum Gasteiger partial charge on any atom is -0.311 e. The van der Waals surface area contributed by atoms with Crippen molar-refractivity contribution in [1.82, 2.24) is 4.57 Å². The van der Waals surface area contributed by atoms with Crippen LogP contribution in [-0.4, -0.2) is 4.57 Å². The maximum Gasteiger partial charge on any atom is 0.0541 e. The fraction of sp³-hybridized carbons (Fsp3) is 0.0417. The molecule has 1 fully saturated rings. The lowest BCUT2D eigenvalue weighted by atomic mass is 9.97. The van der Waals surface area contributed by atoms with Crippen LogP contribution in [-0.2, 0) is 0 Å². The summed E-state index contributed by atoms with van der Waals surface area (Å²) < 4.78 is 2.47. The zero-order valence-corrected chi connectivity index (χ0v) is 27.6. The number of fused-ring (bicyclic) bond motifs is 4. The molecule has 8 aromatic rings. The summed E-state index contributed by atoms with van der Waals surface area (Å²) in [6, 6.07) is 63.6. The fourth-order valence-electron chi connectivity index (χ4n) is 7.72. The van der Waals surface area contributed by atoms with Crippen molar-refractivity contribution in [2.75, 3.05) is 4.90 Å². The van der Waals surface area contributed by atoms with Crippen LogP contribution >= 0.6 is 0 Å². The largest absolute Gasteiger partial charge is 0.311 e. The van der Waals surface area contributed by atoms with Gasteiger partial charge in [-0.05, 0) is 106 Å². The van der Waals surface area contributed by atoms with Gasteiger partial charge in [0.25, 0.3) is 0 Å². The number of allylic oxidation sites excluding steroid dienone is 4. The van der Waals surface area contributed by atoms with Crippen molar-refractivity contribution < 1.29 is 0 Å². The number of hydrogen-bond donors (Lipinski definition) is 0. The molecule has 0 aliphatic heterocycles. The van der Waals surface area contributed by atoms with Crippen molar-refractivity contribution in [1.29, 1.82) is 0 Å². The van der Waals surface area contributed by atoms with E-state index in [-0.39, 0.29) is 0 Å². The SMILES string of the molecule is C1=CC2CC2=C1n1c2ccccc2c2cc(-c3ccc(-c4ccc(-c5ccc(N(c6ccccc6)c6ccccc6)cc5)cc4)cc3)ccc21. The van der Waals surface area contributed by atoms with Crippen LogP contribution in [0.15, 0.2) is 194 Å². The van der Waals surface area contributed by atoms with Gasteiger partial charge in [0.2, 0.25) is 0 Å². The normalized spacial score (nSPS) is 14.8. The van der Waals surface area contributed by atoms with Gasteiger partial charge in [-0.3, -0.25) is 0 Å². The Morgan fingerprint density at radius 3 is 1.42 bits per heavy atom. The molecule has 1 unspecified atom stereocenters. The summed E-state index contributed by atoms with van der Waals surface area (Å²) in [7, 11) is 0. The van der Waals surface area contributed by atoms with E-state index in [2.05, 4.69) is 198 Å². The van der Waals surface area contributed by atoms with Gasteiger partial charge in [0.05, 0.1) is 11.0 Å². The summed E-state index contributed by atoms with van der Waals surface area (Å²) >= 11 is 0. The monoisotopic (exact) mass is 638 g/mol. The van der Waals surface area contributed by atoms with Crippen molar-refractivity contribution >= 4 is 44.6 Å². The van der Waals surface area contributed by atoms with Crippen LogP contribution < -0.4 is 4.90 Å². The highest BCUT2D eigenvalue weighted by Crippen LogP contribution is 2.50. The molecule has 1 atom stereocenters. The van der Waals surface area contributed by atoms with Crippen LogP contribution in [0.25, 0.3) is 60.9 Å². The summed E-state index contributed by atoms with van der Waals surface area (Å²) in [4.78, 5) is 2.29. The first kappa shape index (κ1) is 28.6. The molecule has 0 radical (unpaired) electrons. The molecular weight excluding hydrogens is 605 g/mol. The van der Waals surface area contributed by atoms with Gasteiger partial charge in [0, 0.05) is 39.4 Å². The molecule has 7 aromatic carbocycles. The van der Waals surface area contributed by atoms with E-state index in [0.717, 1.165) is 17.1 Å². The lowest BCUT2D eigenvalue weighted by Crippen LogP contribution is -2.09. The van der Waals surface area contributed by atoms with E-state index in [1.54, 1.807) is 5.57 Å². The number of anilines is 3. The Bertz CT molecular complexity index is 2530. The molecular formula is C48H34N2. The summed E-state index contributed by atoms with van der Waals surface area (Å²) in [5, 5.41) is 2.62. The van der Waals surface area contributed by atoms with E-state index in [0.29, 0.717) is 5.92 Å². The number of para-hydroxylation sites is 3. The van der Waals surface area contributed by atoms with E-state index in [9.17, 15) is 0 Å². The Morgan fingerprint density at radius 2 is 0.880 bits per heavy atom. The highest BCUT2D eigenvalue weighted by atomic mass is 15.1. The average molecular weight is 639 g/mol. The standard InChI is InChI=1S/C48H34N2/c1-3-9-40(10-4-1)49(41-11-5-2-6-12-41)42-27-23-36(24-28-42)35-17-15-33(16-18-35)34-19-21-37(22-20-34)38-25-29-48-45(31-38)43-13-7-8-14-46(43)50(48)47-30-26-39-32-44(39)47/h1-31,39H,32H2. The first-order chi connectivity index (χ1) is 24.8. The quantitative estimate of drug-likeness (QED) is 0.169. The predicted molar refractivity (Wildman–Crippen MR) is 211 cm³/mol. The zero-order valence-electron chi connectivity index (χ0n) is 27.6. The molecule has 0 saturated heterocycles. The molecule has 0 N–H and O–H groups in total. The van der Waals surface area contributed by atoms with Crippen LogP contribution in [0.1, 0.15) is 6.42 Å². The molecule has 236 valence electrons. The fourth-order valence-corrected chi connectivity index (χ4v) is 7.72. The van der Waals surface area contributed by atoms with Gasteiger partial charge in [-0.25, -0.2) is 0 Å². The molecule has 10 rings (SSSR count). The van der Waals surface area contributed by atoms with Crippen LogP contribution in [0.5, 0.6) is 0 Å². The molecule has 0 amide bonds. The molecule has 2 aliphatic rings. The summed E-state index contributed by atoms with van der Waals surface area (Å²) in [6.45, 7) is 0. The van der Waals surface area contributed by atoms with Gasteiger partial charge in [-0.15, -0.1) is 0 Å². The van der Waals surface area contributed by atoms with Crippen molar-refractivity contribution in [2.45, 2.75) is 6.42 Å². The van der Waals surface area contributed by atoms with Crippen molar-refractivity contribution in [3.8, 4) is 33.4 Å². The molecule has 2 heteroatoms. The summed E-state index contributed by atoms with van der Waals surface area (Å²) in [6.07, 6.45) is 5.89. The Morgan fingerprint density at radius 1 is 0.420 bits per heavy atom. The molecule has 1 heterocycles. The van der Waals surface area contributed by atoms with Crippen molar-refractivity contribution in [3.63, 3.8) is 0 Å². The van der Waals surface area contributed by atoms with E-state index >= 15 is 0 Å². The van der Waals surface area contributed by atoms with Crippen molar-refractivity contribution in [3.05, 3.63) is 194 Å². The third-order valence-corrected chi connectivity index (χ3v) is 10.4. The third kappa shape index (κ3) is 4.88. The van der Waals surface area contributed by atoms with Gasteiger partial charge in [-0.1, -0.05) is 127 Å². The first-order valence-electron chi connectivity index (χ1n) is 17.4. The second-order valence-corrected chi connectivity index (χ2v) is 13.4. The Kier molecular flexibility index (Phi) is 6.67. The highest BCUT2D eigenvalue weighted by molar-refractivity contribution is 6.12. The Hall–Kier alpha value is -6.38. The maximum atomic E-state index is 2.47. The minimum atomic E-state index is 0.665. The summed E-state index contributed by atoms with van der Waals surface area (Å²) in [5.41, 5.74) is 16.2. The molecule has 1 aromatic heterocycles. The first-order valence-corrected chi connectivity index (χ1v) is 17.4. The van der Waals surface area contributed by atoms with Crippen LogP contribution in [0.2, 0.25) is 0 Å². The lowest BCUT2D eigenvalue weighted by Gasteiger charge is -2.25. The van der Waals surface area contributed by atoms with Crippen LogP contribution in [0.4, 0.5) is 17.1 Å². The predicted octanol–water partition coefficient (Wildman–Crippen LogP) is 13.1. The Labute approximate surface area is 292 Å². The van der Waals surface area contributed by atoms with Gasteiger partial charge in [-0.2, -0.15) is 0 Å². The topological polar surface area (TPSA) is 8.17 Å². The summed E-state index contributed by atoms with van der Waals surface area (Å²) in [5.74, 6) is 0.665. The zero-order chi connectivity index (χ0) is 33.0. The molecule has 2 aliphatic carbocycles. The van der Waals surface area contributed by atoms with E-state index in [4.69, 9.17) is 0 Å². The third-order valence-electron chi connectivity index (χ3n) is 10.4. The van der Waals surface area contributed by atoms with E-state index in [1.807, 2.05) is 0 Å².